The highest BCUT2D eigenvalue weighted by Gasteiger charge is 2.38. The molecule has 0 spiro atoms. The van der Waals surface area contributed by atoms with Crippen molar-refractivity contribution in [3.8, 4) is 0 Å². The van der Waals surface area contributed by atoms with Gasteiger partial charge in [-0.15, -0.1) is 11.3 Å². The number of nitrogens with zero attached hydrogens (tertiary/aromatic N) is 2. The zero-order chi connectivity index (χ0) is 22.9. The van der Waals surface area contributed by atoms with E-state index in [9.17, 15) is 9.59 Å². The van der Waals surface area contributed by atoms with Crippen molar-refractivity contribution < 1.29 is 9.59 Å². The lowest BCUT2D eigenvalue weighted by molar-refractivity contribution is -0.118. The van der Waals surface area contributed by atoms with E-state index >= 15 is 0 Å². The molecule has 4 aromatic rings. The minimum absolute atomic E-state index is 0.0164. The Morgan fingerprint density at radius 1 is 0.970 bits per heavy atom. The number of carbonyl (C=O) groups excluding carboxylic acids is 2. The van der Waals surface area contributed by atoms with Crippen LogP contribution in [0.4, 0.5) is 11.4 Å². The van der Waals surface area contributed by atoms with Crippen LogP contribution in [0.25, 0.3) is 10.1 Å². The van der Waals surface area contributed by atoms with Crippen LogP contribution in [0.5, 0.6) is 0 Å². The predicted molar refractivity (Wildman–Crippen MR) is 136 cm³/mol. The van der Waals surface area contributed by atoms with Gasteiger partial charge in [-0.05, 0) is 54.6 Å². The molecule has 1 aliphatic rings. The van der Waals surface area contributed by atoms with Gasteiger partial charge in [0.1, 0.15) is 0 Å². The zero-order valence-electron chi connectivity index (χ0n) is 18.8. The van der Waals surface area contributed by atoms with E-state index in [2.05, 4.69) is 19.1 Å². The number of fused-ring (bicyclic) bond motifs is 2. The van der Waals surface area contributed by atoms with Gasteiger partial charge in [0.15, 0.2) is 0 Å². The van der Waals surface area contributed by atoms with E-state index in [0.29, 0.717) is 12.8 Å². The summed E-state index contributed by atoms with van der Waals surface area (Å²) >= 11 is 1.53. The summed E-state index contributed by atoms with van der Waals surface area (Å²) in [7, 11) is 0. The quantitative estimate of drug-likeness (QED) is 0.339. The van der Waals surface area contributed by atoms with Crippen LogP contribution < -0.4 is 9.80 Å². The molecule has 0 aliphatic carbocycles. The van der Waals surface area contributed by atoms with E-state index in [-0.39, 0.29) is 23.9 Å². The molecule has 0 saturated heterocycles. The topological polar surface area (TPSA) is 40.6 Å². The second-order valence-corrected chi connectivity index (χ2v) is 9.52. The van der Waals surface area contributed by atoms with Gasteiger partial charge in [-0.25, -0.2) is 0 Å². The lowest BCUT2D eigenvalue weighted by Gasteiger charge is -2.43. The summed E-state index contributed by atoms with van der Waals surface area (Å²) in [4.78, 5) is 31.4. The lowest BCUT2D eigenvalue weighted by atomic mass is 9.89. The van der Waals surface area contributed by atoms with E-state index in [1.807, 2.05) is 89.5 Å². The summed E-state index contributed by atoms with van der Waals surface area (Å²) < 4.78 is 1.11. The molecule has 5 rings (SSSR count). The summed E-state index contributed by atoms with van der Waals surface area (Å²) in [5.41, 5.74) is 2.78. The number of para-hydroxylation sites is 2. The number of hydrogen-bond donors (Lipinski definition) is 0. The van der Waals surface area contributed by atoms with Gasteiger partial charge in [0.25, 0.3) is 5.91 Å². The molecular weight excluding hydrogens is 428 g/mol. The SMILES string of the molecule is CCC(=O)N(c1ccccc1)C1CC(C)N(C(=O)c2cc3ccccc3s2)c2ccccc21. The molecule has 166 valence electrons. The molecule has 0 bridgehead atoms. The van der Waals surface area contributed by atoms with Crippen molar-refractivity contribution in [3.05, 3.63) is 95.4 Å². The number of carbonyl (C=O) groups is 2. The number of benzene rings is 3. The van der Waals surface area contributed by atoms with Gasteiger partial charge in [0.2, 0.25) is 5.91 Å². The third-order valence-corrected chi connectivity index (χ3v) is 7.44. The van der Waals surface area contributed by atoms with E-state index < -0.39 is 0 Å². The second kappa shape index (κ2) is 8.83. The van der Waals surface area contributed by atoms with Crippen molar-refractivity contribution in [3.63, 3.8) is 0 Å². The maximum Gasteiger partial charge on any atom is 0.268 e. The second-order valence-electron chi connectivity index (χ2n) is 8.44. The van der Waals surface area contributed by atoms with Crippen LogP contribution in [0.3, 0.4) is 0 Å². The molecule has 2 heterocycles. The summed E-state index contributed by atoms with van der Waals surface area (Å²) in [5.74, 6) is 0.0974. The molecule has 1 aliphatic heterocycles. The predicted octanol–water partition coefficient (Wildman–Crippen LogP) is 6.82. The molecular formula is C28H26N2O2S. The van der Waals surface area contributed by atoms with E-state index in [1.165, 1.54) is 11.3 Å². The Kier molecular flexibility index (Phi) is 5.73. The van der Waals surface area contributed by atoms with Crippen molar-refractivity contribution in [2.75, 3.05) is 9.80 Å². The van der Waals surface area contributed by atoms with Crippen LogP contribution >= 0.6 is 11.3 Å². The van der Waals surface area contributed by atoms with Crippen LogP contribution in [0.15, 0.2) is 84.9 Å². The largest absolute Gasteiger partial charge is 0.305 e. The number of thiophene rings is 1. The van der Waals surface area contributed by atoms with Crippen molar-refractivity contribution in [1.82, 2.24) is 0 Å². The maximum absolute atomic E-state index is 13.7. The number of amides is 2. The van der Waals surface area contributed by atoms with Gasteiger partial charge in [0.05, 0.1) is 10.9 Å². The smallest absolute Gasteiger partial charge is 0.268 e. The zero-order valence-corrected chi connectivity index (χ0v) is 19.6. The molecule has 0 fully saturated rings. The Labute approximate surface area is 198 Å². The van der Waals surface area contributed by atoms with Gasteiger partial charge in [-0.1, -0.05) is 61.5 Å². The Morgan fingerprint density at radius 3 is 2.42 bits per heavy atom. The highest BCUT2D eigenvalue weighted by atomic mass is 32.1. The Hall–Kier alpha value is -3.44. The van der Waals surface area contributed by atoms with Gasteiger partial charge < -0.3 is 9.80 Å². The van der Waals surface area contributed by atoms with Crippen LogP contribution in [-0.4, -0.2) is 17.9 Å². The number of anilines is 2. The normalized spacial score (nSPS) is 17.6. The molecule has 0 radical (unpaired) electrons. The van der Waals surface area contributed by atoms with Crippen LogP contribution in [0, 0.1) is 0 Å². The van der Waals surface area contributed by atoms with Crippen LogP contribution in [0.1, 0.15) is 48.0 Å². The van der Waals surface area contributed by atoms with E-state index in [1.54, 1.807) is 0 Å². The first-order valence-electron chi connectivity index (χ1n) is 11.4. The molecule has 2 unspecified atom stereocenters. The fraction of sp³-hybridized carbons (Fsp3) is 0.214. The van der Waals surface area contributed by atoms with Crippen molar-refractivity contribution in [2.24, 2.45) is 0 Å². The van der Waals surface area contributed by atoms with Crippen molar-refractivity contribution in [1.29, 1.82) is 0 Å². The maximum atomic E-state index is 13.7. The Morgan fingerprint density at radius 2 is 1.67 bits per heavy atom. The summed E-state index contributed by atoms with van der Waals surface area (Å²) in [6, 6.07) is 27.7. The van der Waals surface area contributed by atoms with Crippen molar-refractivity contribution >= 4 is 44.6 Å². The van der Waals surface area contributed by atoms with E-state index in [4.69, 9.17) is 0 Å². The van der Waals surface area contributed by atoms with Gasteiger partial charge >= 0.3 is 0 Å². The van der Waals surface area contributed by atoms with Gasteiger partial charge in [0, 0.05) is 28.5 Å². The number of hydrogen-bond acceptors (Lipinski definition) is 3. The Balaban J connectivity index is 1.58. The molecule has 2 amide bonds. The summed E-state index contributed by atoms with van der Waals surface area (Å²) in [5, 5.41) is 1.09. The molecule has 33 heavy (non-hydrogen) atoms. The van der Waals surface area contributed by atoms with Crippen molar-refractivity contribution in [2.45, 2.75) is 38.8 Å². The van der Waals surface area contributed by atoms with E-state index in [0.717, 1.165) is 31.9 Å². The number of rotatable bonds is 4. The minimum atomic E-state index is -0.127. The average Bonchev–Trinajstić information content (AvgIpc) is 3.29. The van der Waals surface area contributed by atoms with Crippen LogP contribution in [0.2, 0.25) is 0 Å². The molecule has 2 atom stereocenters. The first kappa shape index (κ1) is 21.4. The monoisotopic (exact) mass is 454 g/mol. The molecule has 0 N–H and O–H groups in total. The third kappa shape index (κ3) is 3.83. The average molecular weight is 455 g/mol. The lowest BCUT2D eigenvalue weighted by Crippen LogP contribution is -2.47. The standard InChI is InChI=1S/C28H26N2O2S/c1-3-27(31)30(21-12-5-4-6-13-21)24-17-19(2)29(23-15-9-8-14-22(23)24)28(32)26-18-20-11-7-10-16-25(20)33-26/h4-16,18-19,24H,3,17H2,1-2H3. The summed E-state index contributed by atoms with van der Waals surface area (Å²) in [6.45, 7) is 3.97. The minimum Gasteiger partial charge on any atom is -0.305 e. The fourth-order valence-corrected chi connectivity index (χ4v) is 5.80. The molecule has 3 aromatic carbocycles. The first-order valence-corrected chi connectivity index (χ1v) is 12.2. The molecule has 4 nitrogen and oxygen atoms in total. The Bertz CT molecular complexity index is 1280. The third-order valence-electron chi connectivity index (χ3n) is 6.33. The highest BCUT2D eigenvalue weighted by Crippen LogP contribution is 2.43. The fourth-order valence-electron chi connectivity index (χ4n) is 4.80. The highest BCUT2D eigenvalue weighted by molar-refractivity contribution is 7.20. The molecule has 0 saturated carbocycles. The molecule has 1 aromatic heterocycles. The summed E-state index contributed by atoms with van der Waals surface area (Å²) in [6.07, 6.45) is 1.10. The van der Waals surface area contributed by atoms with Gasteiger partial charge in [-0.3, -0.25) is 9.59 Å². The first-order chi connectivity index (χ1) is 16.1. The molecule has 5 heteroatoms. The van der Waals surface area contributed by atoms with Gasteiger partial charge in [-0.2, -0.15) is 0 Å². The van der Waals surface area contributed by atoms with Crippen LogP contribution in [-0.2, 0) is 4.79 Å².